The van der Waals surface area contributed by atoms with E-state index in [9.17, 15) is 9.90 Å². The summed E-state index contributed by atoms with van der Waals surface area (Å²) in [6.45, 7) is 6.21. The summed E-state index contributed by atoms with van der Waals surface area (Å²) in [7, 11) is 0. The molecular weight excluding hydrogens is 342 g/mol. The molecule has 27 heavy (non-hydrogen) atoms. The highest BCUT2D eigenvalue weighted by molar-refractivity contribution is 5.95. The number of rotatable bonds is 4. The number of aliphatic hydroxyl groups is 1. The van der Waals surface area contributed by atoms with Crippen molar-refractivity contribution in [3.8, 4) is 0 Å². The van der Waals surface area contributed by atoms with Crippen molar-refractivity contribution in [3.63, 3.8) is 0 Å². The fraction of sp³-hybridized carbons (Fsp3) is 0.450. The minimum absolute atomic E-state index is 0.00450. The van der Waals surface area contributed by atoms with E-state index in [4.69, 9.17) is 0 Å². The predicted octanol–water partition coefficient (Wildman–Crippen LogP) is 2.23. The van der Waals surface area contributed by atoms with Crippen LogP contribution in [0.1, 0.15) is 35.8 Å². The van der Waals surface area contributed by atoms with Gasteiger partial charge in [-0.05, 0) is 38.8 Å². The van der Waals surface area contributed by atoms with E-state index in [1.54, 1.807) is 10.9 Å². The van der Waals surface area contributed by atoms with Crippen LogP contribution in [-0.2, 0) is 13.1 Å². The molecule has 0 aliphatic carbocycles. The van der Waals surface area contributed by atoms with Crippen molar-refractivity contribution >= 4 is 16.8 Å². The fourth-order valence-electron chi connectivity index (χ4n) is 3.83. The maximum atomic E-state index is 12.8. The van der Waals surface area contributed by atoms with Crippen LogP contribution in [0.4, 0.5) is 0 Å². The van der Waals surface area contributed by atoms with Gasteiger partial charge in [0, 0.05) is 43.6 Å². The molecule has 0 spiro atoms. The van der Waals surface area contributed by atoms with Crippen molar-refractivity contribution in [2.24, 2.45) is 0 Å². The van der Waals surface area contributed by atoms with Gasteiger partial charge in [0.1, 0.15) is 0 Å². The van der Waals surface area contributed by atoms with Crippen LogP contribution in [0, 0.1) is 6.92 Å². The number of pyridine rings is 1. The standard InChI is InChI=1S/C20H25N5O2/c1-3-25-13-17(15(2)22-25)19(26)23-10-6-20(27,7-11-23)14-24-9-5-16-4-8-21-12-18(16)24/h4-5,8-9,12-13,27H,3,6-7,10-11,14H2,1-2H3. The molecule has 0 aromatic carbocycles. The van der Waals surface area contributed by atoms with E-state index in [0.29, 0.717) is 38.0 Å². The molecule has 0 bridgehead atoms. The Balaban J connectivity index is 1.44. The smallest absolute Gasteiger partial charge is 0.257 e. The van der Waals surface area contributed by atoms with Crippen LogP contribution < -0.4 is 0 Å². The molecule has 3 aromatic rings. The van der Waals surface area contributed by atoms with Gasteiger partial charge in [-0.15, -0.1) is 0 Å². The molecule has 0 atom stereocenters. The first kappa shape index (κ1) is 17.7. The van der Waals surface area contributed by atoms with Gasteiger partial charge < -0.3 is 14.6 Å². The number of nitrogens with zero attached hydrogens (tertiary/aromatic N) is 5. The Hall–Kier alpha value is -2.67. The minimum Gasteiger partial charge on any atom is -0.388 e. The van der Waals surface area contributed by atoms with Crippen LogP contribution in [0.15, 0.2) is 36.9 Å². The molecule has 1 fully saturated rings. The number of carbonyl (C=O) groups excluding carboxylic acids is 1. The number of carbonyl (C=O) groups is 1. The lowest BCUT2D eigenvalue weighted by Crippen LogP contribution is -2.48. The Bertz CT molecular complexity index is 966. The molecule has 0 saturated carbocycles. The molecule has 142 valence electrons. The highest BCUT2D eigenvalue weighted by Gasteiger charge is 2.35. The number of aryl methyl sites for hydroxylation is 2. The average Bonchev–Trinajstić information content (AvgIpc) is 3.25. The van der Waals surface area contributed by atoms with Crippen LogP contribution in [0.5, 0.6) is 0 Å². The zero-order chi connectivity index (χ0) is 19.0. The molecule has 3 aromatic heterocycles. The van der Waals surface area contributed by atoms with Gasteiger partial charge in [-0.25, -0.2) is 0 Å². The van der Waals surface area contributed by atoms with Crippen LogP contribution >= 0.6 is 0 Å². The van der Waals surface area contributed by atoms with Gasteiger partial charge in [0.15, 0.2) is 0 Å². The van der Waals surface area contributed by atoms with Gasteiger partial charge in [0.05, 0.1) is 35.1 Å². The molecule has 1 amide bonds. The van der Waals surface area contributed by atoms with Crippen LogP contribution in [-0.4, -0.2) is 53.9 Å². The summed E-state index contributed by atoms with van der Waals surface area (Å²) in [4.78, 5) is 18.8. The van der Waals surface area contributed by atoms with E-state index in [0.717, 1.165) is 23.1 Å². The zero-order valence-corrected chi connectivity index (χ0v) is 15.8. The number of aromatic nitrogens is 4. The number of amides is 1. The SMILES string of the molecule is CCn1cc(C(=O)N2CCC(O)(Cn3ccc4ccncc43)CC2)c(C)n1. The molecule has 0 unspecified atom stereocenters. The fourth-order valence-corrected chi connectivity index (χ4v) is 3.83. The van der Waals surface area contributed by atoms with Gasteiger partial charge in [-0.2, -0.15) is 5.10 Å². The van der Waals surface area contributed by atoms with Gasteiger partial charge in [-0.3, -0.25) is 14.5 Å². The normalized spacial score (nSPS) is 16.8. The number of hydrogen-bond acceptors (Lipinski definition) is 4. The summed E-state index contributed by atoms with van der Waals surface area (Å²) in [5.41, 5.74) is 1.62. The molecule has 4 rings (SSSR count). The van der Waals surface area contributed by atoms with Crippen LogP contribution in [0.3, 0.4) is 0 Å². The Morgan fingerprint density at radius 3 is 2.78 bits per heavy atom. The Kier molecular flexibility index (Phi) is 4.47. The number of likely N-dealkylation sites (tertiary alicyclic amines) is 1. The van der Waals surface area contributed by atoms with Gasteiger partial charge >= 0.3 is 0 Å². The number of fused-ring (bicyclic) bond motifs is 1. The summed E-state index contributed by atoms with van der Waals surface area (Å²) in [6, 6.07) is 4.00. The van der Waals surface area contributed by atoms with Crippen LogP contribution in [0.2, 0.25) is 0 Å². The molecule has 1 saturated heterocycles. The lowest BCUT2D eigenvalue weighted by atomic mass is 9.91. The lowest BCUT2D eigenvalue weighted by Gasteiger charge is -2.38. The minimum atomic E-state index is -0.818. The van der Waals surface area contributed by atoms with E-state index in [1.165, 1.54) is 0 Å². The van der Waals surface area contributed by atoms with Crippen LogP contribution in [0.25, 0.3) is 10.9 Å². The first-order chi connectivity index (χ1) is 13.0. The first-order valence-electron chi connectivity index (χ1n) is 9.44. The summed E-state index contributed by atoms with van der Waals surface area (Å²) in [5.74, 6) is 0.00450. The molecule has 1 aliphatic rings. The topological polar surface area (TPSA) is 76.2 Å². The molecule has 4 heterocycles. The third-order valence-corrected chi connectivity index (χ3v) is 5.52. The second-order valence-corrected chi connectivity index (χ2v) is 7.38. The van der Waals surface area contributed by atoms with E-state index >= 15 is 0 Å². The third-order valence-electron chi connectivity index (χ3n) is 5.52. The molecular formula is C20H25N5O2. The Morgan fingerprint density at radius 2 is 2.07 bits per heavy atom. The van der Waals surface area contributed by atoms with Crippen molar-refractivity contribution in [2.75, 3.05) is 13.1 Å². The summed E-state index contributed by atoms with van der Waals surface area (Å²) in [5, 5.41) is 16.6. The second kappa shape index (κ2) is 6.81. The maximum Gasteiger partial charge on any atom is 0.257 e. The third kappa shape index (κ3) is 3.35. The lowest BCUT2D eigenvalue weighted by molar-refractivity contribution is -0.0284. The monoisotopic (exact) mass is 367 g/mol. The number of piperidine rings is 1. The Morgan fingerprint density at radius 1 is 1.30 bits per heavy atom. The highest BCUT2D eigenvalue weighted by atomic mass is 16.3. The van der Waals surface area contributed by atoms with Gasteiger partial charge in [0.25, 0.3) is 5.91 Å². The van der Waals surface area contributed by atoms with E-state index in [2.05, 4.69) is 14.6 Å². The van der Waals surface area contributed by atoms with E-state index in [1.807, 2.05) is 49.5 Å². The van der Waals surface area contributed by atoms with Crippen molar-refractivity contribution < 1.29 is 9.90 Å². The Labute approximate surface area is 158 Å². The van der Waals surface area contributed by atoms with Gasteiger partial charge in [0.2, 0.25) is 0 Å². The largest absolute Gasteiger partial charge is 0.388 e. The van der Waals surface area contributed by atoms with Crippen molar-refractivity contribution in [1.29, 1.82) is 0 Å². The summed E-state index contributed by atoms with van der Waals surface area (Å²) < 4.78 is 3.84. The van der Waals surface area contributed by atoms with Crippen molar-refractivity contribution in [1.82, 2.24) is 24.2 Å². The molecule has 7 heteroatoms. The average molecular weight is 367 g/mol. The molecule has 0 radical (unpaired) electrons. The van der Waals surface area contributed by atoms with E-state index in [-0.39, 0.29) is 5.91 Å². The molecule has 1 N–H and O–H groups in total. The molecule has 7 nitrogen and oxygen atoms in total. The highest BCUT2D eigenvalue weighted by Crippen LogP contribution is 2.27. The summed E-state index contributed by atoms with van der Waals surface area (Å²) >= 11 is 0. The van der Waals surface area contributed by atoms with E-state index < -0.39 is 5.60 Å². The predicted molar refractivity (Wildman–Crippen MR) is 102 cm³/mol. The van der Waals surface area contributed by atoms with Crippen molar-refractivity contribution in [2.45, 2.75) is 45.4 Å². The van der Waals surface area contributed by atoms with Gasteiger partial charge in [-0.1, -0.05) is 0 Å². The quantitative estimate of drug-likeness (QED) is 0.767. The second-order valence-electron chi connectivity index (χ2n) is 7.38. The number of hydrogen-bond donors (Lipinski definition) is 1. The first-order valence-corrected chi connectivity index (χ1v) is 9.44. The summed E-state index contributed by atoms with van der Waals surface area (Å²) in [6.07, 6.45) is 8.51. The zero-order valence-electron chi connectivity index (χ0n) is 15.8. The molecule has 1 aliphatic heterocycles. The van der Waals surface area contributed by atoms with Crippen molar-refractivity contribution in [3.05, 3.63) is 48.2 Å². The maximum absolute atomic E-state index is 12.8.